The van der Waals surface area contributed by atoms with Gasteiger partial charge in [-0.15, -0.1) is 0 Å². The maximum atomic E-state index is 12.9. The monoisotopic (exact) mass is 262 g/mol. The van der Waals surface area contributed by atoms with Gasteiger partial charge < -0.3 is 10.2 Å². The standard InChI is InChI=1S/C16H26N2O/c19-16(14-2-1-3-17-9-14)18-10-13-5-11-4-12(6-13)8-15(18)7-11/h11-15,17H,1-10H2. The van der Waals surface area contributed by atoms with Crippen molar-refractivity contribution >= 4 is 5.91 Å². The topological polar surface area (TPSA) is 32.3 Å². The number of fused-ring (bicyclic) bond motifs is 1. The molecule has 3 aliphatic heterocycles. The first-order valence-corrected chi connectivity index (χ1v) is 8.31. The van der Waals surface area contributed by atoms with Crippen molar-refractivity contribution in [1.29, 1.82) is 0 Å². The molecule has 106 valence electrons. The molecule has 3 nitrogen and oxygen atoms in total. The predicted molar refractivity (Wildman–Crippen MR) is 74.6 cm³/mol. The van der Waals surface area contributed by atoms with Gasteiger partial charge in [0, 0.05) is 19.1 Å². The summed E-state index contributed by atoms with van der Waals surface area (Å²) in [5.74, 6) is 3.43. The number of carbonyl (C=O) groups excluding carboxylic acids is 1. The van der Waals surface area contributed by atoms with Crippen molar-refractivity contribution < 1.29 is 4.79 Å². The van der Waals surface area contributed by atoms with Crippen LogP contribution in [-0.2, 0) is 4.79 Å². The molecule has 3 saturated heterocycles. The Hall–Kier alpha value is -0.570. The van der Waals surface area contributed by atoms with Crippen molar-refractivity contribution in [3.05, 3.63) is 0 Å². The molecule has 3 heterocycles. The predicted octanol–water partition coefficient (Wildman–Crippen LogP) is 2.02. The highest BCUT2D eigenvalue weighted by Gasteiger charge is 2.44. The molecule has 5 fully saturated rings. The molecule has 3 heteroatoms. The maximum Gasteiger partial charge on any atom is 0.227 e. The number of piperidine rings is 1. The molecular weight excluding hydrogens is 236 g/mol. The van der Waals surface area contributed by atoms with Gasteiger partial charge in [-0.3, -0.25) is 4.79 Å². The van der Waals surface area contributed by atoms with Gasteiger partial charge in [0.2, 0.25) is 5.91 Å². The molecule has 3 atom stereocenters. The van der Waals surface area contributed by atoms with Crippen LogP contribution in [0.15, 0.2) is 0 Å². The summed E-state index contributed by atoms with van der Waals surface area (Å²) in [7, 11) is 0. The number of rotatable bonds is 1. The van der Waals surface area contributed by atoms with Crippen LogP contribution in [0.1, 0.15) is 44.9 Å². The number of nitrogens with one attached hydrogen (secondary N) is 1. The summed E-state index contributed by atoms with van der Waals surface area (Å²) in [5.41, 5.74) is 0. The van der Waals surface area contributed by atoms with Crippen LogP contribution < -0.4 is 5.32 Å². The smallest absolute Gasteiger partial charge is 0.227 e. The molecule has 0 radical (unpaired) electrons. The summed E-state index contributed by atoms with van der Waals surface area (Å²) >= 11 is 0. The third-order valence-electron chi connectivity index (χ3n) is 6.04. The fourth-order valence-corrected chi connectivity index (χ4v) is 5.35. The van der Waals surface area contributed by atoms with E-state index in [2.05, 4.69) is 10.2 Å². The van der Waals surface area contributed by atoms with E-state index in [4.69, 9.17) is 0 Å². The Balaban J connectivity index is 1.52. The fraction of sp³-hybridized carbons (Fsp3) is 0.938. The van der Waals surface area contributed by atoms with Crippen LogP contribution in [0.25, 0.3) is 0 Å². The van der Waals surface area contributed by atoms with E-state index in [9.17, 15) is 4.79 Å². The minimum Gasteiger partial charge on any atom is -0.339 e. The van der Waals surface area contributed by atoms with Crippen molar-refractivity contribution in [2.24, 2.45) is 23.7 Å². The van der Waals surface area contributed by atoms with E-state index in [0.29, 0.717) is 11.9 Å². The van der Waals surface area contributed by atoms with Gasteiger partial charge in [-0.05, 0) is 69.2 Å². The van der Waals surface area contributed by atoms with E-state index in [1.54, 1.807) is 0 Å². The first-order chi connectivity index (χ1) is 9.29. The summed E-state index contributed by atoms with van der Waals surface area (Å²) in [5, 5.41) is 3.40. The molecule has 1 amide bonds. The van der Waals surface area contributed by atoms with Gasteiger partial charge in [0.05, 0.1) is 5.92 Å². The quantitative estimate of drug-likeness (QED) is 0.784. The molecule has 0 spiro atoms. The maximum absolute atomic E-state index is 12.9. The number of hydrogen-bond donors (Lipinski definition) is 1. The second-order valence-corrected chi connectivity index (χ2v) is 7.46. The Bertz CT molecular complexity index is 350. The molecule has 3 unspecified atom stereocenters. The fourth-order valence-electron chi connectivity index (χ4n) is 5.35. The van der Waals surface area contributed by atoms with Crippen LogP contribution in [0.3, 0.4) is 0 Å². The highest BCUT2D eigenvalue weighted by Crippen LogP contribution is 2.47. The zero-order valence-corrected chi connectivity index (χ0v) is 11.8. The summed E-state index contributed by atoms with van der Waals surface area (Å²) in [4.78, 5) is 15.2. The molecular formula is C16H26N2O. The van der Waals surface area contributed by atoms with Gasteiger partial charge >= 0.3 is 0 Å². The van der Waals surface area contributed by atoms with Gasteiger partial charge in [-0.1, -0.05) is 0 Å². The zero-order chi connectivity index (χ0) is 12.8. The minimum atomic E-state index is 0.268. The van der Waals surface area contributed by atoms with Crippen LogP contribution in [0.2, 0.25) is 0 Å². The molecule has 2 aliphatic carbocycles. The average Bonchev–Trinajstić information content (AvgIpc) is 2.63. The molecule has 0 aromatic heterocycles. The van der Waals surface area contributed by atoms with E-state index in [1.807, 2.05) is 0 Å². The largest absolute Gasteiger partial charge is 0.339 e. The van der Waals surface area contributed by atoms with Crippen molar-refractivity contribution in [3.63, 3.8) is 0 Å². The molecule has 0 aromatic rings. The minimum absolute atomic E-state index is 0.268. The van der Waals surface area contributed by atoms with Crippen molar-refractivity contribution in [2.75, 3.05) is 19.6 Å². The van der Waals surface area contributed by atoms with Crippen LogP contribution in [0, 0.1) is 23.7 Å². The van der Waals surface area contributed by atoms with Crippen LogP contribution in [0.4, 0.5) is 0 Å². The Morgan fingerprint density at radius 2 is 1.74 bits per heavy atom. The number of carbonyl (C=O) groups is 1. The van der Waals surface area contributed by atoms with Gasteiger partial charge in [-0.2, -0.15) is 0 Å². The van der Waals surface area contributed by atoms with Gasteiger partial charge in [0.1, 0.15) is 0 Å². The lowest BCUT2D eigenvalue weighted by atomic mass is 9.68. The zero-order valence-electron chi connectivity index (χ0n) is 11.8. The summed E-state index contributed by atoms with van der Waals surface area (Å²) < 4.78 is 0. The number of nitrogens with zero attached hydrogens (tertiary/aromatic N) is 1. The SMILES string of the molecule is O=C(C1CCCNC1)N1CC2CC3CC(C2)CC1C3. The van der Waals surface area contributed by atoms with Gasteiger partial charge in [0.15, 0.2) is 0 Å². The summed E-state index contributed by atoms with van der Waals surface area (Å²) in [6.07, 6.45) is 9.15. The first-order valence-electron chi connectivity index (χ1n) is 8.31. The molecule has 4 bridgehead atoms. The highest BCUT2D eigenvalue weighted by molar-refractivity contribution is 5.79. The highest BCUT2D eigenvalue weighted by atomic mass is 16.2. The molecule has 0 aromatic carbocycles. The average molecular weight is 262 g/mol. The van der Waals surface area contributed by atoms with Crippen molar-refractivity contribution in [3.8, 4) is 0 Å². The second-order valence-electron chi connectivity index (χ2n) is 7.46. The summed E-state index contributed by atoms with van der Waals surface area (Å²) in [6, 6.07) is 0.589. The molecule has 2 saturated carbocycles. The Morgan fingerprint density at radius 3 is 2.42 bits per heavy atom. The van der Waals surface area contributed by atoms with Crippen LogP contribution in [-0.4, -0.2) is 36.5 Å². The Morgan fingerprint density at radius 1 is 1.00 bits per heavy atom. The lowest BCUT2D eigenvalue weighted by Crippen LogP contribution is -2.48. The van der Waals surface area contributed by atoms with E-state index in [1.165, 1.54) is 38.5 Å². The van der Waals surface area contributed by atoms with Crippen molar-refractivity contribution in [2.45, 2.75) is 51.0 Å². The number of amides is 1. The third-order valence-corrected chi connectivity index (χ3v) is 6.04. The lowest BCUT2D eigenvalue weighted by Gasteiger charge is -2.39. The van der Waals surface area contributed by atoms with E-state index >= 15 is 0 Å². The van der Waals surface area contributed by atoms with E-state index in [0.717, 1.165) is 43.8 Å². The van der Waals surface area contributed by atoms with E-state index < -0.39 is 0 Å². The summed E-state index contributed by atoms with van der Waals surface area (Å²) in [6.45, 7) is 3.09. The van der Waals surface area contributed by atoms with E-state index in [-0.39, 0.29) is 5.92 Å². The first kappa shape index (κ1) is 12.2. The molecule has 19 heavy (non-hydrogen) atoms. The van der Waals surface area contributed by atoms with Gasteiger partial charge in [0.25, 0.3) is 0 Å². The molecule has 5 aliphatic rings. The van der Waals surface area contributed by atoms with Crippen LogP contribution >= 0.6 is 0 Å². The lowest BCUT2D eigenvalue weighted by molar-refractivity contribution is -0.139. The molecule has 1 N–H and O–H groups in total. The van der Waals surface area contributed by atoms with Crippen molar-refractivity contribution in [1.82, 2.24) is 10.2 Å². The second kappa shape index (κ2) is 4.76. The molecule has 5 rings (SSSR count). The Kier molecular flexibility index (Phi) is 3.06. The van der Waals surface area contributed by atoms with Gasteiger partial charge in [-0.25, -0.2) is 0 Å². The third kappa shape index (κ3) is 2.20. The normalized spacial score (nSPS) is 45.3. The number of hydrogen-bond acceptors (Lipinski definition) is 2. The Labute approximate surface area is 116 Å². The van der Waals surface area contributed by atoms with Crippen LogP contribution in [0.5, 0.6) is 0 Å².